The Morgan fingerprint density at radius 1 is 1.22 bits per heavy atom. The normalized spacial score (nSPS) is 14.3. The number of aryl methyl sites for hydroxylation is 1. The SMILES string of the molecule is COc1ccc(OC)c(-c2cc(C(=O)N(CCc3cccs3)C3CCOCC3)n(C)n2)c1. The molecule has 7 nitrogen and oxygen atoms in total. The van der Waals surface area contributed by atoms with Crippen LogP contribution in [0.1, 0.15) is 28.2 Å². The Bertz CT molecular complexity index is 1040. The molecule has 1 aromatic carbocycles. The van der Waals surface area contributed by atoms with Crippen LogP contribution in [0.3, 0.4) is 0 Å². The van der Waals surface area contributed by atoms with Gasteiger partial charge in [0.15, 0.2) is 0 Å². The third kappa shape index (κ3) is 4.81. The average molecular weight is 456 g/mol. The molecule has 0 N–H and O–H groups in total. The zero-order chi connectivity index (χ0) is 22.5. The van der Waals surface area contributed by atoms with E-state index >= 15 is 0 Å². The van der Waals surface area contributed by atoms with Gasteiger partial charge in [0.1, 0.15) is 17.2 Å². The molecular weight excluding hydrogens is 426 g/mol. The maximum absolute atomic E-state index is 13.7. The Balaban J connectivity index is 1.63. The van der Waals surface area contributed by atoms with Gasteiger partial charge < -0.3 is 19.1 Å². The molecular formula is C24H29N3O4S. The van der Waals surface area contributed by atoms with Crippen molar-refractivity contribution in [1.29, 1.82) is 0 Å². The van der Waals surface area contributed by atoms with Gasteiger partial charge in [-0.2, -0.15) is 5.10 Å². The summed E-state index contributed by atoms with van der Waals surface area (Å²) < 4.78 is 18.1. The first-order chi connectivity index (χ1) is 15.6. The van der Waals surface area contributed by atoms with E-state index in [0.717, 1.165) is 24.8 Å². The lowest BCUT2D eigenvalue weighted by molar-refractivity contribution is 0.0288. The number of carbonyl (C=O) groups is 1. The van der Waals surface area contributed by atoms with E-state index in [-0.39, 0.29) is 11.9 Å². The van der Waals surface area contributed by atoms with Gasteiger partial charge in [0.2, 0.25) is 0 Å². The Kier molecular flexibility index (Phi) is 7.12. The van der Waals surface area contributed by atoms with Crippen molar-refractivity contribution in [3.63, 3.8) is 0 Å². The number of aromatic nitrogens is 2. The van der Waals surface area contributed by atoms with Gasteiger partial charge in [-0.05, 0) is 55.0 Å². The molecule has 1 saturated heterocycles. The second-order valence-electron chi connectivity index (χ2n) is 7.78. The van der Waals surface area contributed by atoms with E-state index in [9.17, 15) is 4.79 Å². The highest BCUT2D eigenvalue weighted by molar-refractivity contribution is 7.09. The van der Waals surface area contributed by atoms with Gasteiger partial charge in [-0.15, -0.1) is 11.3 Å². The highest BCUT2D eigenvalue weighted by atomic mass is 32.1. The minimum Gasteiger partial charge on any atom is -0.497 e. The molecule has 0 aliphatic carbocycles. The van der Waals surface area contributed by atoms with Crippen LogP contribution in [0.25, 0.3) is 11.3 Å². The van der Waals surface area contributed by atoms with Gasteiger partial charge in [-0.1, -0.05) is 6.07 Å². The minimum absolute atomic E-state index is 0.00318. The molecule has 32 heavy (non-hydrogen) atoms. The monoisotopic (exact) mass is 455 g/mol. The van der Waals surface area contributed by atoms with Crippen LogP contribution in [0.4, 0.5) is 0 Å². The van der Waals surface area contributed by atoms with E-state index in [0.29, 0.717) is 42.6 Å². The molecule has 170 valence electrons. The average Bonchev–Trinajstić information content (AvgIpc) is 3.49. The van der Waals surface area contributed by atoms with E-state index in [1.807, 2.05) is 36.2 Å². The summed E-state index contributed by atoms with van der Waals surface area (Å²) in [5, 5.41) is 6.71. The second-order valence-corrected chi connectivity index (χ2v) is 8.81. The number of carbonyl (C=O) groups excluding carboxylic acids is 1. The number of amides is 1. The summed E-state index contributed by atoms with van der Waals surface area (Å²) in [5.41, 5.74) is 2.03. The van der Waals surface area contributed by atoms with Crippen molar-refractivity contribution in [2.45, 2.75) is 25.3 Å². The summed E-state index contributed by atoms with van der Waals surface area (Å²) in [4.78, 5) is 17.0. The molecule has 1 amide bonds. The highest BCUT2D eigenvalue weighted by Gasteiger charge is 2.29. The Morgan fingerprint density at radius 3 is 2.72 bits per heavy atom. The third-order valence-electron chi connectivity index (χ3n) is 5.85. The lowest BCUT2D eigenvalue weighted by Crippen LogP contribution is -2.45. The smallest absolute Gasteiger partial charge is 0.272 e. The second kappa shape index (κ2) is 10.2. The number of hydrogen-bond donors (Lipinski definition) is 0. The predicted molar refractivity (Wildman–Crippen MR) is 125 cm³/mol. The van der Waals surface area contributed by atoms with Crippen LogP contribution in [0.15, 0.2) is 41.8 Å². The van der Waals surface area contributed by atoms with Crippen LogP contribution >= 0.6 is 11.3 Å². The molecule has 0 spiro atoms. The van der Waals surface area contributed by atoms with Gasteiger partial charge in [-0.3, -0.25) is 9.48 Å². The van der Waals surface area contributed by atoms with Crippen LogP contribution in [-0.2, 0) is 18.2 Å². The Labute approximate surface area is 192 Å². The molecule has 3 aromatic rings. The van der Waals surface area contributed by atoms with Gasteiger partial charge in [-0.25, -0.2) is 0 Å². The molecule has 0 saturated carbocycles. The van der Waals surface area contributed by atoms with Crippen molar-refractivity contribution in [3.8, 4) is 22.8 Å². The standard InChI is InChI=1S/C24H29N3O4S/c1-26-22(16-21(25-26)20-15-18(29-2)6-7-23(20)30-3)24(28)27(17-9-12-31-13-10-17)11-8-19-5-4-14-32-19/h4-7,14-17H,8-13H2,1-3H3. The summed E-state index contributed by atoms with van der Waals surface area (Å²) in [6.45, 7) is 2.04. The third-order valence-corrected chi connectivity index (χ3v) is 6.79. The fourth-order valence-corrected chi connectivity index (χ4v) is 4.79. The van der Waals surface area contributed by atoms with Gasteiger partial charge in [0.25, 0.3) is 5.91 Å². The van der Waals surface area contributed by atoms with E-state index in [1.54, 1.807) is 30.2 Å². The van der Waals surface area contributed by atoms with Gasteiger partial charge in [0, 0.05) is 43.3 Å². The molecule has 4 rings (SSSR count). The van der Waals surface area contributed by atoms with E-state index in [4.69, 9.17) is 14.2 Å². The first kappa shape index (κ1) is 22.4. The topological polar surface area (TPSA) is 65.8 Å². The number of hydrogen-bond acceptors (Lipinski definition) is 6. The van der Waals surface area contributed by atoms with E-state index in [1.165, 1.54) is 4.88 Å². The summed E-state index contributed by atoms with van der Waals surface area (Å²) in [7, 11) is 5.06. The number of benzene rings is 1. The zero-order valence-electron chi connectivity index (χ0n) is 18.7. The van der Waals surface area contributed by atoms with Crippen molar-refractivity contribution in [1.82, 2.24) is 14.7 Å². The first-order valence-electron chi connectivity index (χ1n) is 10.8. The predicted octanol–water partition coefficient (Wildman–Crippen LogP) is 4.03. The molecule has 3 heterocycles. The number of ether oxygens (including phenoxy) is 3. The molecule has 8 heteroatoms. The highest BCUT2D eigenvalue weighted by Crippen LogP contribution is 2.33. The molecule has 1 aliphatic heterocycles. The maximum Gasteiger partial charge on any atom is 0.272 e. The first-order valence-corrected chi connectivity index (χ1v) is 11.7. The molecule has 1 aliphatic rings. The quantitative estimate of drug-likeness (QED) is 0.513. The summed E-state index contributed by atoms with van der Waals surface area (Å²) in [6.07, 6.45) is 2.55. The van der Waals surface area contributed by atoms with Crippen molar-refractivity contribution in [2.24, 2.45) is 7.05 Å². The summed E-state index contributed by atoms with van der Waals surface area (Å²) in [5.74, 6) is 1.39. The number of thiophene rings is 1. The van der Waals surface area contributed by atoms with Crippen molar-refractivity contribution in [3.05, 3.63) is 52.3 Å². The Hall–Kier alpha value is -2.84. The zero-order valence-corrected chi connectivity index (χ0v) is 19.6. The molecule has 2 aromatic heterocycles. The Morgan fingerprint density at radius 2 is 2.03 bits per heavy atom. The van der Waals surface area contributed by atoms with Crippen LogP contribution in [0.2, 0.25) is 0 Å². The molecule has 0 unspecified atom stereocenters. The number of methoxy groups -OCH3 is 2. The maximum atomic E-state index is 13.7. The van der Waals surface area contributed by atoms with Crippen LogP contribution in [-0.4, -0.2) is 60.6 Å². The lowest BCUT2D eigenvalue weighted by atomic mass is 10.1. The fourth-order valence-electron chi connectivity index (χ4n) is 4.09. The van der Waals surface area contributed by atoms with Crippen LogP contribution in [0, 0.1) is 0 Å². The van der Waals surface area contributed by atoms with Crippen molar-refractivity contribution >= 4 is 17.2 Å². The molecule has 0 bridgehead atoms. The minimum atomic E-state index is -0.00318. The van der Waals surface area contributed by atoms with Crippen molar-refractivity contribution < 1.29 is 19.0 Å². The van der Waals surface area contributed by atoms with E-state index in [2.05, 4.69) is 22.6 Å². The molecule has 0 atom stereocenters. The van der Waals surface area contributed by atoms with E-state index < -0.39 is 0 Å². The number of rotatable bonds is 8. The molecule has 1 fully saturated rings. The van der Waals surface area contributed by atoms with Crippen LogP contribution < -0.4 is 9.47 Å². The van der Waals surface area contributed by atoms with Gasteiger partial charge >= 0.3 is 0 Å². The number of nitrogens with zero attached hydrogens (tertiary/aromatic N) is 3. The van der Waals surface area contributed by atoms with Gasteiger partial charge in [0.05, 0.1) is 19.9 Å². The lowest BCUT2D eigenvalue weighted by Gasteiger charge is -2.34. The van der Waals surface area contributed by atoms with Crippen LogP contribution in [0.5, 0.6) is 11.5 Å². The summed E-state index contributed by atoms with van der Waals surface area (Å²) in [6, 6.07) is 11.7. The fraction of sp³-hybridized carbons (Fsp3) is 0.417. The molecule has 0 radical (unpaired) electrons. The largest absolute Gasteiger partial charge is 0.497 e. The van der Waals surface area contributed by atoms with Crippen molar-refractivity contribution in [2.75, 3.05) is 34.0 Å². The summed E-state index contributed by atoms with van der Waals surface area (Å²) >= 11 is 1.73.